The van der Waals surface area contributed by atoms with Gasteiger partial charge in [-0.05, 0) is 61.7 Å². The molecular formula is C28H34FN3O4S. The fourth-order valence-electron chi connectivity index (χ4n) is 3.89. The van der Waals surface area contributed by atoms with E-state index in [1.165, 1.54) is 21.9 Å². The third kappa shape index (κ3) is 7.95. The summed E-state index contributed by atoms with van der Waals surface area (Å²) in [5.74, 6) is 0.571. The Morgan fingerprint density at radius 3 is 2.38 bits per heavy atom. The van der Waals surface area contributed by atoms with E-state index in [9.17, 15) is 14.0 Å². The summed E-state index contributed by atoms with van der Waals surface area (Å²) in [6, 6.07) is 15.2. The second-order valence-corrected chi connectivity index (χ2v) is 9.97. The van der Waals surface area contributed by atoms with E-state index >= 15 is 0 Å². The molecule has 9 heteroatoms. The summed E-state index contributed by atoms with van der Waals surface area (Å²) in [5.41, 5.74) is 1.08. The average molecular weight is 528 g/mol. The number of thiophene rings is 1. The van der Waals surface area contributed by atoms with Crippen LogP contribution in [0.3, 0.4) is 0 Å². The van der Waals surface area contributed by atoms with Crippen molar-refractivity contribution in [3.05, 3.63) is 75.7 Å². The number of aryl methyl sites for hydroxylation is 1. The van der Waals surface area contributed by atoms with E-state index in [2.05, 4.69) is 5.32 Å². The summed E-state index contributed by atoms with van der Waals surface area (Å²) >= 11 is 1.64. The Morgan fingerprint density at radius 2 is 1.73 bits per heavy atom. The molecule has 7 nitrogen and oxygen atoms in total. The number of para-hydroxylation sites is 1. The van der Waals surface area contributed by atoms with Crippen LogP contribution in [0.2, 0.25) is 0 Å². The van der Waals surface area contributed by atoms with E-state index in [1.807, 2.05) is 44.2 Å². The Labute approximate surface area is 221 Å². The van der Waals surface area contributed by atoms with Crippen molar-refractivity contribution in [1.29, 1.82) is 0 Å². The lowest BCUT2D eigenvalue weighted by Crippen LogP contribution is -2.45. The number of methoxy groups -OCH3 is 2. The van der Waals surface area contributed by atoms with Crippen molar-refractivity contribution >= 4 is 29.0 Å². The van der Waals surface area contributed by atoms with Crippen molar-refractivity contribution in [1.82, 2.24) is 9.80 Å². The van der Waals surface area contributed by atoms with Crippen LogP contribution in [0, 0.1) is 12.7 Å². The number of halogens is 1. The minimum atomic E-state index is -0.525. The van der Waals surface area contributed by atoms with Crippen molar-refractivity contribution < 1.29 is 23.5 Å². The van der Waals surface area contributed by atoms with Crippen molar-refractivity contribution in [3.8, 4) is 11.5 Å². The average Bonchev–Trinajstić information content (AvgIpc) is 3.31. The third-order valence-electron chi connectivity index (χ3n) is 5.84. The molecule has 0 saturated carbocycles. The number of anilines is 1. The molecule has 3 rings (SSSR count). The first-order valence-corrected chi connectivity index (χ1v) is 13.0. The van der Waals surface area contributed by atoms with Crippen LogP contribution < -0.4 is 14.8 Å². The van der Waals surface area contributed by atoms with Crippen molar-refractivity contribution in [2.45, 2.75) is 33.2 Å². The number of urea groups is 1. The van der Waals surface area contributed by atoms with E-state index in [0.29, 0.717) is 44.0 Å². The van der Waals surface area contributed by atoms with Gasteiger partial charge in [0.15, 0.2) is 11.5 Å². The molecule has 0 fully saturated rings. The molecule has 0 unspecified atom stereocenters. The van der Waals surface area contributed by atoms with Gasteiger partial charge in [-0.2, -0.15) is 0 Å². The summed E-state index contributed by atoms with van der Waals surface area (Å²) in [5, 5.41) is 2.59. The lowest BCUT2D eigenvalue weighted by atomic mass is 10.1. The molecule has 198 valence electrons. The highest BCUT2D eigenvalue weighted by molar-refractivity contribution is 7.11. The minimum absolute atomic E-state index is 0.0837. The van der Waals surface area contributed by atoms with E-state index in [1.54, 1.807) is 42.6 Å². The van der Waals surface area contributed by atoms with Crippen LogP contribution >= 0.6 is 11.3 Å². The molecule has 1 aromatic heterocycles. The van der Waals surface area contributed by atoms with Gasteiger partial charge in [-0.15, -0.1) is 11.3 Å². The van der Waals surface area contributed by atoms with Crippen LogP contribution in [0.1, 0.15) is 28.7 Å². The molecule has 0 radical (unpaired) electrons. The van der Waals surface area contributed by atoms with E-state index in [0.717, 1.165) is 10.4 Å². The van der Waals surface area contributed by atoms with Crippen LogP contribution in [-0.2, 0) is 17.8 Å². The highest BCUT2D eigenvalue weighted by Gasteiger charge is 2.22. The zero-order valence-electron chi connectivity index (χ0n) is 21.8. The molecule has 0 aliphatic rings. The first-order valence-electron chi connectivity index (χ1n) is 12.2. The van der Waals surface area contributed by atoms with Gasteiger partial charge in [0.1, 0.15) is 12.4 Å². The summed E-state index contributed by atoms with van der Waals surface area (Å²) < 4.78 is 24.8. The van der Waals surface area contributed by atoms with Crippen molar-refractivity contribution in [2.75, 3.05) is 39.2 Å². The Morgan fingerprint density at radius 1 is 0.973 bits per heavy atom. The van der Waals surface area contributed by atoms with Crippen molar-refractivity contribution in [3.63, 3.8) is 0 Å². The number of hydrogen-bond acceptors (Lipinski definition) is 5. The van der Waals surface area contributed by atoms with Crippen LogP contribution in [0.25, 0.3) is 0 Å². The summed E-state index contributed by atoms with van der Waals surface area (Å²) in [6.07, 6.45) is 1.26. The van der Waals surface area contributed by atoms with Gasteiger partial charge in [-0.1, -0.05) is 25.1 Å². The van der Waals surface area contributed by atoms with Crippen molar-refractivity contribution in [2.24, 2.45) is 0 Å². The monoisotopic (exact) mass is 527 g/mol. The van der Waals surface area contributed by atoms with Crippen LogP contribution in [0.15, 0.2) is 54.6 Å². The van der Waals surface area contributed by atoms with Crippen LogP contribution in [-0.4, -0.2) is 55.6 Å². The standard InChI is InChI=1S/C28H34FN3O4S/c1-5-15-32(28(34)30-24-9-7-6-8-23(24)29)19-27(33)31(18-22-12-10-20(2)37-22)16-14-21-11-13-25(35-3)26(17-21)36-4/h6-13,17H,5,14-16,18-19H2,1-4H3,(H,30,34). The zero-order valence-corrected chi connectivity index (χ0v) is 22.6. The first-order chi connectivity index (χ1) is 17.8. The van der Waals surface area contributed by atoms with Crippen LogP contribution in [0.5, 0.6) is 11.5 Å². The number of nitrogens with one attached hydrogen (secondary N) is 1. The first kappa shape index (κ1) is 28.0. The summed E-state index contributed by atoms with van der Waals surface area (Å²) in [6.45, 7) is 5.12. The largest absolute Gasteiger partial charge is 0.493 e. The van der Waals surface area contributed by atoms with Gasteiger partial charge in [0, 0.05) is 22.8 Å². The summed E-state index contributed by atoms with van der Waals surface area (Å²) in [4.78, 5) is 31.9. The summed E-state index contributed by atoms with van der Waals surface area (Å²) in [7, 11) is 3.18. The maximum atomic E-state index is 14.1. The number of ether oxygens (including phenoxy) is 2. The van der Waals surface area contributed by atoms with E-state index in [-0.39, 0.29) is 18.1 Å². The van der Waals surface area contributed by atoms with Gasteiger partial charge in [-0.25, -0.2) is 9.18 Å². The number of rotatable bonds is 12. The normalized spacial score (nSPS) is 10.6. The Balaban J connectivity index is 1.75. The van der Waals surface area contributed by atoms with Gasteiger partial charge < -0.3 is 24.6 Å². The quantitative estimate of drug-likeness (QED) is 0.327. The molecule has 0 bridgehead atoms. The Hall–Kier alpha value is -3.59. The number of hydrogen-bond donors (Lipinski definition) is 1. The number of carbonyl (C=O) groups is 2. The highest BCUT2D eigenvalue weighted by Crippen LogP contribution is 2.28. The molecule has 0 aliphatic carbocycles. The van der Waals surface area contributed by atoms with E-state index < -0.39 is 11.8 Å². The van der Waals surface area contributed by atoms with Gasteiger partial charge in [0.05, 0.1) is 26.5 Å². The molecule has 1 heterocycles. The molecular weight excluding hydrogens is 493 g/mol. The lowest BCUT2D eigenvalue weighted by Gasteiger charge is -2.27. The molecule has 0 atom stereocenters. The SMILES string of the molecule is CCCN(CC(=O)N(CCc1ccc(OC)c(OC)c1)Cc1ccc(C)s1)C(=O)Nc1ccccc1F. The topological polar surface area (TPSA) is 71.1 Å². The smallest absolute Gasteiger partial charge is 0.322 e. The van der Waals surface area contributed by atoms with Crippen LogP contribution in [0.4, 0.5) is 14.9 Å². The number of benzene rings is 2. The predicted octanol–water partition coefficient (Wildman–Crippen LogP) is 5.73. The molecule has 0 saturated heterocycles. The van der Waals surface area contributed by atoms with Gasteiger partial charge >= 0.3 is 6.03 Å². The zero-order chi connectivity index (χ0) is 26.8. The van der Waals surface area contributed by atoms with Gasteiger partial charge in [0.2, 0.25) is 5.91 Å². The molecule has 1 N–H and O–H groups in total. The predicted molar refractivity (Wildman–Crippen MR) is 145 cm³/mol. The van der Waals surface area contributed by atoms with Gasteiger partial charge in [0.25, 0.3) is 0 Å². The number of nitrogens with zero attached hydrogens (tertiary/aromatic N) is 2. The Kier molecular flexibility index (Phi) is 10.3. The molecule has 37 heavy (non-hydrogen) atoms. The molecule has 3 aromatic rings. The minimum Gasteiger partial charge on any atom is -0.493 e. The molecule has 3 amide bonds. The maximum absolute atomic E-state index is 14.1. The fraction of sp³-hybridized carbons (Fsp3) is 0.357. The fourth-order valence-corrected chi connectivity index (χ4v) is 4.80. The second-order valence-electron chi connectivity index (χ2n) is 8.60. The number of carbonyl (C=O) groups excluding carboxylic acids is 2. The number of amides is 3. The van der Waals surface area contributed by atoms with Gasteiger partial charge in [-0.3, -0.25) is 4.79 Å². The molecule has 0 aliphatic heterocycles. The Bertz CT molecular complexity index is 1200. The highest BCUT2D eigenvalue weighted by atomic mass is 32.1. The molecule has 2 aromatic carbocycles. The second kappa shape index (κ2) is 13.6. The maximum Gasteiger partial charge on any atom is 0.322 e. The lowest BCUT2D eigenvalue weighted by molar-refractivity contribution is -0.132. The van der Waals surface area contributed by atoms with E-state index in [4.69, 9.17) is 9.47 Å². The molecule has 0 spiro atoms. The third-order valence-corrected chi connectivity index (χ3v) is 6.82.